The van der Waals surface area contributed by atoms with E-state index < -0.39 is 0 Å². The molecule has 0 aromatic carbocycles. The summed E-state index contributed by atoms with van der Waals surface area (Å²) in [6, 6.07) is 0. The number of carbonyl (C=O) groups is 1. The number of esters is 1. The number of carbonyl (C=O) groups excluding carboxylic acids is 1. The van der Waals surface area contributed by atoms with E-state index in [0.29, 0.717) is 13.0 Å². The molecule has 0 amide bonds. The van der Waals surface area contributed by atoms with Crippen LogP contribution in [0.25, 0.3) is 0 Å². The summed E-state index contributed by atoms with van der Waals surface area (Å²) in [5.74, 6) is -0.0585. The Hall–Kier alpha value is -0.570. The van der Waals surface area contributed by atoms with Gasteiger partial charge in [-0.1, -0.05) is 77.6 Å². The lowest BCUT2D eigenvalue weighted by Gasteiger charge is -2.09. The summed E-state index contributed by atoms with van der Waals surface area (Å²) < 4.78 is 5.22. The van der Waals surface area contributed by atoms with Gasteiger partial charge in [-0.25, -0.2) is 0 Å². The molecule has 0 saturated carbocycles. The first-order valence-electron chi connectivity index (χ1n) is 9.47. The van der Waals surface area contributed by atoms with E-state index in [1.807, 2.05) is 19.0 Å². The van der Waals surface area contributed by atoms with Crippen LogP contribution in [0.1, 0.15) is 90.4 Å². The minimum absolute atomic E-state index is 0.0585. The summed E-state index contributed by atoms with van der Waals surface area (Å²) in [4.78, 5) is 13.4. The van der Waals surface area contributed by atoms with E-state index in [4.69, 9.17) is 4.74 Å². The van der Waals surface area contributed by atoms with Gasteiger partial charge in [0.15, 0.2) is 0 Å². The quantitative estimate of drug-likeness (QED) is 0.290. The Morgan fingerprint density at radius 2 is 1.23 bits per heavy atom. The molecule has 0 aliphatic rings. The standard InChI is InChI=1S/C19H39NO2/c1-4-5-6-7-8-9-10-11-12-13-14-15-18-22-19(21)16-17-20(2)3/h4-18H2,1-3H3. The van der Waals surface area contributed by atoms with Gasteiger partial charge in [-0.15, -0.1) is 0 Å². The van der Waals surface area contributed by atoms with Crippen LogP contribution >= 0.6 is 0 Å². The molecule has 0 aromatic heterocycles. The predicted molar refractivity (Wildman–Crippen MR) is 95.2 cm³/mol. The number of ether oxygens (including phenoxy) is 1. The highest BCUT2D eigenvalue weighted by Gasteiger charge is 2.02. The lowest BCUT2D eigenvalue weighted by atomic mass is 10.1. The van der Waals surface area contributed by atoms with Gasteiger partial charge in [0.1, 0.15) is 0 Å². The first-order valence-corrected chi connectivity index (χ1v) is 9.47. The topological polar surface area (TPSA) is 29.5 Å². The molecule has 22 heavy (non-hydrogen) atoms. The molecular weight excluding hydrogens is 274 g/mol. The molecule has 0 rings (SSSR count). The molecular formula is C19H39NO2. The van der Waals surface area contributed by atoms with Gasteiger partial charge in [-0.05, 0) is 20.5 Å². The van der Waals surface area contributed by atoms with Crippen molar-refractivity contribution in [3.05, 3.63) is 0 Å². The zero-order chi connectivity index (χ0) is 16.5. The highest BCUT2D eigenvalue weighted by molar-refractivity contribution is 5.69. The van der Waals surface area contributed by atoms with E-state index in [9.17, 15) is 4.79 Å². The van der Waals surface area contributed by atoms with Crippen LogP contribution < -0.4 is 0 Å². The molecule has 132 valence electrons. The van der Waals surface area contributed by atoms with Crippen LogP contribution in [0, 0.1) is 0 Å². The van der Waals surface area contributed by atoms with Gasteiger partial charge in [0, 0.05) is 6.54 Å². The smallest absolute Gasteiger partial charge is 0.307 e. The van der Waals surface area contributed by atoms with Crippen molar-refractivity contribution in [2.75, 3.05) is 27.2 Å². The van der Waals surface area contributed by atoms with Crippen molar-refractivity contribution < 1.29 is 9.53 Å². The molecule has 0 atom stereocenters. The van der Waals surface area contributed by atoms with Gasteiger partial charge in [0.2, 0.25) is 0 Å². The maximum atomic E-state index is 11.4. The molecule has 0 radical (unpaired) electrons. The normalized spacial score (nSPS) is 11.1. The lowest BCUT2D eigenvalue weighted by Crippen LogP contribution is -2.18. The number of rotatable bonds is 16. The van der Waals surface area contributed by atoms with Crippen LogP contribution in [-0.4, -0.2) is 38.1 Å². The molecule has 0 unspecified atom stereocenters. The van der Waals surface area contributed by atoms with Gasteiger partial charge in [0.05, 0.1) is 13.0 Å². The lowest BCUT2D eigenvalue weighted by molar-refractivity contribution is -0.144. The van der Waals surface area contributed by atoms with E-state index in [1.165, 1.54) is 70.6 Å². The fourth-order valence-electron chi connectivity index (χ4n) is 2.52. The van der Waals surface area contributed by atoms with Gasteiger partial charge < -0.3 is 9.64 Å². The van der Waals surface area contributed by atoms with Crippen molar-refractivity contribution in [3.63, 3.8) is 0 Å². The molecule has 0 spiro atoms. The third-order valence-corrected chi connectivity index (χ3v) is 4.02. The van der Waals surface area contributed by atoms with Crippen LogP contribution in [0.3, 0.4) is 0 Å². The first kappa shape index (κ1) is 21.4. The second kappa shape index (κ2) is 16.8. The van der Waals surface area contributed by atoms with Crippen LogP contribution in [0.2, 0.25) is 0 Å². The summed E-state index contributed by atoms with van der Waals surface area (Å²) in [5, 5.41) is 0. The van der Waals surface area contributed by atoms with E-state index in [2.05, 4.69) is 6.92 Å². The van der Waals surface area contributed by atoms with Crippen molar-refractivity contribution in [3.8, 4) is 0 Å². The molecule has 0 N–H and O–H groups in total. The average Bonchev–Trinajstić information content (AvgIpc) is 2.49. The maximum Gasteiger partial charge on any atom is 0.307 e. The Labute approximate surface area is 138 Å². The molecule has 0 aliphatic heterocycles. The highest BCUT2D eigenvalue weighted by atomic mass is 16.5. The third kappa shape index (κ3) is 17.5. The van der Waals surface area contributed by atoms with E-state index in [1.54, 1.807) is 0 Å². The summed E-state index contributed by atoms with van der Waals surface area (Å²) >= 11 is 0. The number of hydrogen-bond donors (Lipinski definition) is 0. The molecule has 0 heterocycles. The first-order chi connectivity index (χ1) is 10.7. The fourth-order valence-corrected chi connectivity index (χ4v) is 2.52. The molecule has 0 aromatic rings. The van der Waals surface area contributed by atoms with Gasteiger partial charge >= 0.3 is 5.97 Å². The maximum absolute atomic E-state index is 11.4. The summed E-state index contributed by atoms with van der Waals surface area (Å²) in [6.45, 7) is 3.64. The largest absolute Gasteiger partial charge is 0.466 e. The molecule has 0 fully saturated rings. The summed E-state index contributed by atoms with van der Waals surface area (Å²) in [7, 11) is 3.94. The third-order valence-electron chi connectivity index (χ3n) is 4.02. The SMILES string of the molecule is CCCCCCCCCCCCCCOC(=O)CCN(C)C. The Kier molecular flexibility index (Phi) is 16.4. The molecule has 3 heteroatoms. The highest BCUT2D eigenvalue weighted by Crippen LogP contribution is 2.11. The number of hydrogen-bond acceptors (Lipinski definition) is 3. The van der Waals surface area contributed by atoms with E-state index >= 15 is 0 Å². The van der Waals surface area contributed by atoms with Crippen molar-refractivity contribution >= 4 is 5.97 Å². The van der Waals surface area contributed by atoms with Crippen molar-refractivity contribution in [2.24, 2.45) is 0 Å². The molecule has 0 bridgehead atoms. The minimum atomic E-state index is -0.0585. The minimum Gasteiger partial charge on any atom is -0.466 e. The Morgan fingerprint density at radius 3 is 1.68 bits per heavy atom. The van der Waals surface area contributed by atoms with Crippen molar-refractivity contribution in [1.82, 2.24) is 4.90 Å². The second-order valence-corrected chi connectivity index (χ2v) is 6.66. The summed E-state index contributed by atoms with van der Waals surface area (Å²) in [5.41, 5.74) is 0. The monoisotopic (exact) mass is 313 g/mol. The fraction of sp³-hybridized carbons (Fsp3) is 0.947. The van der Waals surface area contributed by atoms with E-state index in [-0.39, 0.29) is 5.97 Å². The molecule has 3 nitrogen and oxygen atoms in total. The van der Waals surface area contributed by atoms with Gasteiger partial charge in [-0.3, -0.25) is 4.79 Å². The van der Waals surface area contributed by atoms with Crippen molar-refractivity contribution in [1.29, 1.82) is 0 Å². The average molecular weight is 314 g/mol. The summed E-state index contributed by atoms with van der Waals surface area (Å²) in [6.07, 6.45) is 16.5. The zero-order valence-electron chi connectivity index (χ0n) is 15.4. The van der Waals surface area contributed by atoms with Crippen LogP contribution in [0.5, 0.6) is 0 Å². The predicted octanol–water partition coefficient (Wildman–Crippen LogP) is 5.18. The molecule has 0 saturated heterocycles. The van der Waals surface area contributed by atoms with Crippen LogP contribution in [0.15, 0.2) is 0 Å². The second-order valence-electron chi connectivity index (χ2n) is 6.66. The Morgan fingerprint density at radius 1 is 0.773 bits per heavy atom. The van der Waals surface area contributed by atoms with Gasteiger partial charge in [-0.2, -0.15) is 0 Å². The number of nitrogens with zero attached hydrogens (tertiary/aromatic N) is 1. The zero-order valence-corrected chi connectivity index (χ0v) is 15.4. The van der Waals surface area contributed by atoms with Crippen molar-refractivity contribution in [2.45, 2.75) is 90.4 Å². The van der Waals surface area contributed by atoms with Crippen LogP contribution in [0.4, 0.5) is 0 Å². The molecule has 0 aliphatic carbocycles. The van der Waals surface area contributed by atoms with Crippen LogP contribution in [-0.2, 0) is 9.53 Å². The number of unbranched alkanes of at least 4 members (excludes halogenated alkanes) is 11. The van der Waals surface area contributed by atoms with E-state index in [0.717, 1.165) is 13.0 Å². The van der Waals surface area contributed by atoms with Gasteiger partial charge in [0.25, 0.3) is 0 Å². The Bertz CT molecular complexity index is 242. The Balaban J connectivity index is 3.09.